The van der Waals surface area contributed by atoms with E-state index in [9.17, 15) is 0 Å². The van der Waals surface area contributed by atoms with E-state index in [1.165, 1.54) is 5.56 Å². The van der Waals surface area contributed by atoms with Crippen LogP contribution in [0.1, 0.15) is 31.4 Å². The van der Waals surface area contributed by atoms with Gasteiger partial charge >= 0.3 is 0 Å². The number of oxime groups is 1. The second kappa shape index (κ2) is 9.37. The molecule has 0 aliphatic heterocycles. The summed E-state index contributed by atoms with van der Waals surface area (Å²) in [6.45, 7) is 5.11. The molecule has 0 fully saturated rings. The van der Waals surface area contributed by atoms with Crippen LogP contribution in [0.2, 0.25) is 0 Å². The molecule has 5 nitrogen and oxygen atoms in total. The lowest BCUT2D eigenvalue weighted by molar-refractivity contribution is 0.181. The lowest BCUT2D eigenvalue weighted by atomic mass is 10.0. The lowest BCUT2D eigenvalue weighted by Gasteiger charge is -2.32. The molecule has 0 aromatic heterocycles. The summed E-state index contributed by atoms with van der Waals surface area (Å²) in [5, 5.41) is 12.0. The van der Waals surface area contributed by atoms with Crippen LogP contribution in [-0.2, 0) is 0 Å². The van der Waals surface area contributed by atoms with Crippen LogP contribution in [0.15, 0.2) is 35.5 Å². The molecule has 0 radical (unpaired) electrons. The van der Waals surface area contributed by atoms with Gasteiger partial charge < -0.3 is 15.8 Å². The standard InChI is InChI=1S/C16H28N4O/c1-4-10-20(12-11-19(2)3)15(13-16(17)18-21)14-8-6-5-7-9-14/h5-9,15,21H,4,10-13H2,1-3H3,(H2,17,18). The smallest absolute Gasteiger partial charge is 0.141 e. The van der Waals surface area contributed by atoms with Crippen molar-refractivity contribution in [2.45, 2.75) is 25.8 Å². The van der Waals surface area contributed by atoms with Crippen LogP contribution in [0.4, 0.5) is 0 Å². The van der Waals surface area contributed by atoms with Gasteiger partial charge in [-0.15, -0.1) is 0 Å². The van der Waals surface area contributed by atoms with Crippen molar-refractivity contribution in [1.82, 2.24) is 9.80 Å². The molecule has 3 N–H and O–H groups in total. The highest BCUT2D eigenvalue weighted by Crippen LogP contribution is 2.24. The van der Waals surface area contributed by atoms with Crippen LogP contribution >= 0.6 is 0 Å². The Hall–Kier alpha value is -1.59. The molecule has 0 amide bonds. The van der Waals surface area contributed by atoms with Crippen molar-refractivity contribution in [3.8, 4) is 0 Å². The summed E-state index contributed by atoms with van der Waals surface area (Å²) >= 11 is 0. The largest absolute Gasteiger partial charge is 0.409 e. The molecule has 5 heteroatoms. The van der Waals surface area contributed by atoms with Crippen molar-refractivity contribution < 1.29 is 5.21 Å². The van der Waals surface area contributed by atoms with Gasteiger partial charge in [-0.05, 0) is 32.6 Å². The summed E-state index contributed by atoms with van der Waals surface area (Å²) < 4.78 is 0. The molecule has 1 atom stereocenters. The summed E-state index contributed by atoms with van der Waals surface area (Å²) in [4.78, 5) is 4.58. The maximum Gasteiger partial charge on any atom is 0.141 e. The molecule has 0 aliphatic carbocycles. The molecule has 0 saturated heterocycles. The highest BCUT2D eigenvalue weighted by molar-refractivity contribution is 5.80. The van der Waals surface area contributed by atoms with Gasteiger partial charge in [0.15, 0.2) is 0 Å². The fourth-order valence-corrected chi connectivity index (χ4v) is 2.41. The number of nitrogens with two attached hydrogens (primary N) is 1. The number of benzene rings is 1. The van der Waals surface area contributed by atoms with Crippen molar-refractivity contribution in [2.75, 3.05) is 33.7 Å². The molecular formula is C16H28N4O. The first kappa shape index (κ1) is 17.5. The van der Waals surface area contributed by atoms with E-state index in [2.05, 4.69) is 48.1 Å². The van der Waals surface area contributed by atoms with Crippen molar-refractivity contribution in [3.05, 3.63) is 35.9 Å². The minimum absolute atomic E-state index is 0.141. The van der Waals surface area contributed by atoms with Gasteiger partial charge in [0.25, 0.3) is 0 Å². The molecule has 1 aromatic rings. The third-order valence-corrected chi connectivity index (χ3v) is 3.50. The topological polar surface area (TPSA) is 65.1 Å². The first-order valence-corrected chi connectivity index (χ1v) is 7.48. The zero-order chi connectivity index (χ0) is 15.7. The van der Waals surface area contributed by atoms with E-state index in [0.29, 0.717) is 6.42 Å². The third-order valence-electron chi connectivity index (χ3n) is 3.50. The first-order chi connectivity index (χ1) is 10.1. The zero-order valence-electron chi connectivity index (χ0n) is 13.4. The molecule has 1 rings (SSSR count). The quantitative estimate of drug-likeness (QED) is 0.317. The van der Waals surface area contributed by atoms with E-state index < -0.39 is 0 Å². The number of hydrogen-bond acceptors (Lipinski definition) is 4. The van der Waals surface area contributed by atoms with E-state index in [-0.39, 0.29) is 11.9 Å². The fraction of sp³-hybridized carbons (Fsp3) is 0.562. The highest BCUT2D eigenvalue weighted by Gasteiger charge is 2.21. The second-order valence-electron chi connectivity index (χ2n) is 5.56. The van der Waals surface area contributed by atoms with Crippen molar-refractivity contribution in [1.29, 1.82) is 0 Å². The first-order valence-electron chi connectivity index (χ1n) is 7.48. The molecule has 21 heavy (non-hydrogen) atoms. The number of likely N-dealkylation sites (N-methyl/N-ethyl adjacent to an activating group) is 1. The van der Waals surface area contributed by atoms with Gasteiger partial charge in [0.1, 0.15) is 5.84 Å². The number of rotatable bonds is 9. The Morgan fingerprint density at radius 2 is 1.86 bits per heavy atom. The number of nitrogens with zero attached hydrogens (tertiary/aromatic N) is 3. The third kappa shape index (κ3) is 6.14. The minimum Gasteiger partial charge on any atom is -0.409 e. The van der Waals surface area contributed by atoms with Crippen LogP contribution in [0.3, 0.4) is 0 Å². The summed E-state index contributed by atoms with van der Waals surface area (Å²) in [5.74, 6) is 0.273. The Balaban J connectivity index is 2.94. The van der Waals surface area contributed by atoms with Gasteiger partial charge in [-0.25, -0.2) is 0 Å². The lowest BCUT2D eigenvalue weighted by Crippen LogP contribution is -2.37. The molecule has 118 valence electrons. The van der Waals surface area contributed by atoms with Crippen molar-refractivity contribution in [2.24, 2.45) is 10.9 Å². The van der Waals surface area contributed by atoms with E-state index in [1.807, 2.05) is 18.2 Å². The summed E-state index contributed by atoms with van der Waals surface area (Å²) in [6.07, 6.45) is 1.61. The minimum atomic E-state index is 0.141. The molecule has 0 bridgehead atoms. The average molecular weight is 292 g/mol. The Morgan fingerprint density at radius 3 is 2.38 bits per heavy atom. The molecule has 1 aromatic carbocycles. The summed E-state index contributed by atoms with van der Waals surface area (Å²) in [5.41, 5.74) is 6.97. The van der Waals surface area contributed by atoms with Crippen LogP contribution in [0, 0.1) is 0 Å². The van der Waals surface area contributed by atoms with Gasteiger partial charge in [0.2, 0.25) is 0 Å². The molecule has 0 aliphatic rings. The normalized spacial score (nSPS) is 13.9. The van der Waals surface area contributed by atoms with Gasteiger partial charge in [-0.2, -0.15) is 0 Å². The maximum atomic E-state index is 8.90. The summed E-state index contributed by atoms with van der Waals surface area (Å²) in [6, 6.07) is 10.4. The van der Waals surface area contributed by atoms with Crippen LogP contribution < -0.4 is 5.73 Å². The van der Waals surface area contributed by atoms with Gasteiger partial charge in [-0.3, -0.25) is 4.90 Å². The Bertz CT molecular complexity index is 420. The average Bonchev–Trinajstić information content (AvgIpc) is 2.49. The molecular weight excluding hydrogens is 264 g/mol. The summed E-state index contributed by atoms with van der Waals surface area (Å²) in [7, 11) is 4.15. The van der Waals surface area contributed by atoms with E-state index >= 15 is 0 Å². The molecule has 0 saturated carbocycles. The Morgan fingerprint density at radius 1 is 1.19 bits per heavy atom. The number of hydrogen-bond donors (Lipinski definition) is 2. The van der Waals surface area contributed by atoms with Crippen molar-refractivity contribution >= 4 is 5.84 Å². The van der Waals surface area contributed by atoms with Gasteiger partial charge in [0, 0.05) is 25.6 Å². The monoisotopic (exact) mass is 292 g/mol. The predicted octanol–water partition coefficient (Wildman–Crippen LogP) is 2.14. The van der Waals surface area contributed by atoms with E-state index in [4.69, 9.17) is 10.9 Å². The van der Waals surface area contributed by atoms with Gasteiger partial charge in [0.05, 0.1) is 0 Å². The number of amidine groups is 1. The van der Waals surface area contributed by atoms with Crippen LogP contribution in [0.25, 0.3) is 0 Å². The Kier molecular flexibility index (Phi) is 7.79. The molecule has 0 spiro atoms. The second-order valence-corrected chi connectivity index (χ2v) is 5.56. The zero-order valence-corrected chi connectivity index (χ0v) is 13.4. The Labute approximate surface area is 128 Å². The predicted molar refractivity (Wildman–Crippen MR) is 87.6 cm³/mol. The molecule has 0 heterocycles. The van der Waals surface area contributed by atoms with E-state index in [0.717, 1.165) is 26.1 Å². The van der Waals surface area contributed by atoms with Gasteiger partial charge in [-0.1, -0.05) is 42.4 Å². The maximum absolute atomic E-state index is 8.90. The SMILES string of the molecule is CCCN(CCN(C)C)C(CC(N)=NO)c1ccccc1. The van der Waals surface area contributed by atoms with Crippen molar-refractivity contribution in [3.63, 3.8) is 0 Å². The fourth-order valence-electron chi connectivity index (χ4n) is 2.41. The van der Waals surface area contributed by atoms with Crippen LogP contribution in [0.5, 0.6) is 0 Å². The van der Waals surface area contributed by atoms with E-state index in [1.54, 1.807) is 0 Å². The highest BCUT2D eigenvalue weighted by atomic mass is 16.4. The molecule has 1 unspecified atom stereocenters. The van der Waals surface area contributed by atoms with Crippen LogP contribution in [-0.4, -0.2) is 54.6 Å².